The van der Waals surface area contributed by atoms with E-state index >= 15 is 0 Å². The van der Waals surface area contributed by atoms with Gasteiger partial charge in [-0.25, -0.2) is 22.4 Å². The van der Waals surface area contributed by atoms with E-state index in [1.807, 2.05) is 0 Å². The first-order valence-corrected chi connectivity index (χ1v) is 7.72. The van der Waals surface area contributed by atoms with Crippen LogP contribution in [0.3, 0.4) is 0 Å². The van der Waals surface area contributed by atoms with Crippen LogP contribution in [-0.2, 0) is 4.74 Å². The molecule has 29 heavy (non-hydrogen) atoms. The monoisotopic (exact) mass is 421 g/mol. The van der Waals surface area contributed by atoms with Gasteiger partial charge in [-0.2, -0.15) is 0 Å². The summed E-state index contributed by atoms with van der Waals surface area (Å²) < 4.78 is 76.0. The lowest BCUT2D eigenvalue weighted by Gasteiger charge is -2.10. The van der Waals surface area contributed by atoms with Crippen LogP contribution < -0.4 is 24.7 Å². The van der Waals surface area contributed by atoms with E-state index in [0.717, 1.165) is 19.2 Å². The van der Waals surface area contributed by atoms with Gasteiger partial charge in [-0.3, -0.25) is 0 Å². The molecule has 0 aliphatic rings. The smallest absolute Gasteiger partial charge is 0.344 e. The van der Waals surface area contributed by atoms with Gasteiger partial charge in [0.2, 0.25) is 0 Å². The van der Waals surface area contributed by atoms with E-state index in [-0.39, 0.29) is 23.0 Å². The Bertz CT molecular complexity index is 835. The Kier molecular flexibility index (Phi) is 8.37. The number of nitrogens with two attached hydrogens (primary N) is 1. The summed E-state index contributed by atoms with van der Waals surface area (Å²) in [5, 5.41) is 0. The molecule has 0 aliphatic carbocycles. The molecule has 2 rings (SSSR count). The average Bonchev–Trinajstić information content (AvgIpc) is 2.73. The fourth-order valence-electron chi connectivity index (χ4n) is 2.07. The lowest BCUT2D eigenvalue weighted by atomic mass is 10.1. The predicted molar refractivity (Wildman–Crippen MR) is 94.7 cm³/mol. The van der Waals surface area contributed by atoms with Crippen LogP contribution in [0, 0.1) is 23.3 Å². The summed E-state index contributed by atoms with van der Waals surface area (Å²) in [6.07, 6.45) is 0. The number of esters is 1. The number of carbonyl (C=O) groups is 1. The predicted octanol–water partition coefficient (Wildman–Crippen LogP) is 3.33. The molecule has 0 atom stereocenters. The van der Waals surface area contributed by atoms with Crippen LogP contribution in [0.5, 0.6) is 23.0 Å². The summed E-state index contributed by atoms with van der Waals surface area (Å²) in [4.78, 5) is 11.2. The number of nitrogen functional groups attached to an aromatic ring is 1. The topological polar surface area (TPSA) is 89.2 Å². The minimum Gasteiger partial charge on any atom is -0.494 e. The van der Waals surface area contributed by atoms with Gasteiger partial charge >= 0.3 is 5.97 Å². The number of hydrogen-bond acceptors (Lipinski definition) is 7. The van der Waals surface area contributed by atoms with Crippen molar-refractivity contribution in [1.82, 2.24) is 0 Å². The van der Waals surface area contributed by atoms with Crippen molar-refractivity contribution in [2.45, 2.75) is 0 Å². The third-order valence-electron chi connectivity index (χ3n) is 3.57. The zero-order valence-corrected chi connectivity index (χ0v) is 16.2. The second kappa shape index (κ2) is 10.2. The van der Waals surface area contributed by atoms with Crippen LogP contribution in [0.4, 0.5) is 23.2 Å². The van der Waals surface area contributed by atoms with Crippen molar-refractivity contribution in [3.8, 4) is 23.0 Å². The van der Waals surface area contributed by atoms with Crippen molar-refractivity contribution < 1.29 is 46.0 Å². The zero-order valence-electron chi connectivity index (χ0n) is 16.2. The molecule has 0 heterocycles. The van der Waals surface area contributed by atoms with Gasteiger partial charge in [-0.1, -0.05) is 0 Å². The van der Waals surface area contributed by atoms with Gasteiger partial charge in [0.05, 0.1) is 35.5 Å². The Labute approximate surface area is 163 Å². The third-order valence-corrected chi connectivity index (χ3v) is 3.57. The zero-order chi connectivity index (χ0) is 22.3. The fraction of sp³-hybridized carbons (Fsp3) is 0.278. The maximum atomic E-state index is 13.6. The number of halogens is 4. The molecule has 0 fully saturated rings. The lowest BCUT2D eigenvalue weighted by molar-refractivity contribution is 0.0587. The number of benzene rings is 2. The average molecular weight is 421 g/mol. The molecule has 0 unspecified atom stereocenters. The van der Waals surface area contributed by atoms with Crippen molar-refractivity contribution in [2.75, 3.05) is 41.3 Å². The molecule has 0 amide bonds. The Morgan fingerprint density at radius 1 is 0.690 bits per heavy atom. The maximum Gasteiger partial charge on any atom is 0.344 e. The second-order valence-corrected chi connectivity index (χ2v) is 5.10. The van der Waals surface area contributed by atoms with Crippen LogP contribution in [0.25, 0.3) is 0 Å². The summed E-state index contributed by atoms with van der Waals surface area (Å²) in [5.74, 6) is -6.07. The highest BCUT2D eigenvalue weighted by Crippen LogP contribution is 2.33. The first-order chi connectivity index (χ1) is 13.7. The van der Waals surface area contributed by atoms with Crippen molar-refractivity contribution in [2.24, 2.45) is 0 Å². The highest BCUT2D eigenvalue weighted by molar-refractivity contribution is 5.91. The van der Waals surface area contributed by atoms with E-state index in [4.69, 9.17) is 5.73 Å². The summed E-state index contributed by atoms with van der Waals surface area (Å²) >= 11 is 0. The highest BCUT2D eigenvalue weighted by atomic mass is 19.1. The summed E-state index contributed by atoms with van der Waals surface area (Å²) in [6, 6.07) is 2.11. The molecule has 0 aliphatic heterocycles. The van der Waals surface area contributed by atoms with Crippen molar-refractivity contribution in [3.63, 3.8) is 0 Å². The van der Waals surface area contributed by atoms with Gasteiger partial charge in [0.1, 0.15) is 11.3 Å². The van der Waals surface area contributed by atoms with Crippen molar-refractivity contribution >= 4 is 11.7 Å². The molecule has 0 saturated heterocycles. The van der Waals surface area contributed by atoms with E-state index in [1.165, 1.54) is 28.4 Å². The Morgan fingerprint density at radius 3 is 1.28 bits per heavy atom. The van der Waals surface area contributed by atoms with Crippen molar-refractivity contribution in [3.05, 3.63) is 41.0 Å². The normalized spacial score (nSPS) is 9.83. The van der Waals surface area contributed by atoms with Crippen LogP contribution in [0.1, 0.15) is 10.4 Å². The van der Waals surface area contributed by atoms with Gasteiger partial charge in [0.15, 0.2) is 46.3 Å². The maximum absolute atomic E-state index is 13.6. The van der Waals surface area contributed by atoms with Crippen LogP contribution >= 0.6 is 0 Å². The molecule has 0 radical (unpaired) electrons. The molecule has 160 valence electrons. The lowest BCUT2D eigenvalue weighted by Crippen LogP contribution is -2.10. The van der Waals surface area contributed by atoms with Gasteiger partial charge < -0.3 is 29.4 Å². The van der Waals surface area contributed by atoms with Gasteiger partial charge in [0.25, 0.3) is 0 Å². The fourth-order valence-corrected chi connectivity index (χ4v) is 2.07. The second-order valence-electron chi connectivity index (χ2n) is 5.10. The quantitative estimate of drug-likeness (QED) is 0.450. The van der Waals surface area contributed by atoms with E-state index < -0.39 is 40.5 Å². The van der Waals surface area contributed by atoms with Gasteiger partial charge in [0, 0.05) is 12.1 Å². The van der Waals surface area contributed by atoms with Crippen LogP contribution in [0.15, 0.2) is 12.1 Å². The van der Waals surface area contributed by atoms with E-state index in [1.54, 1.807) is 0 Å². The summed E-state index contributed by atoms with van der Waals surface area (Å²) in [5.41, 5.74) is 3.69. The van der Waals surface area contributed by atoms with Crippen molar-refractivity contribution in [1.29, 1.82) is 0 Å². The van der Waals surface area contributed by atoms with E-state index in [9.17, 15) is 22.4 Å². The summed E-state index contributed by atoms with van der Waals surface area (Å²) in [7, 11) is 5.92. The Balaban J connectivity index is 0.000000296. The molecule has 2 N–H and O–H groups in total. The molecule has 7 nitrogen and oxygen atoms in total. The molecule has 0 spiro atoms. The van der Waals surface area contributed by atoms with Crippen LogP contribution in [-0.4, -0.2) is 41.5 Å². The minimum atomic E-state index is -1.13. The first kappa shape index (κ1) is 23.7. The first-order valence-electron chi connectivity index (χ1n) is 7.72. The standard InChI is InChI=1S/C10H10F2O4.C8H9F2NO2/c1-14-5-4-6(15-2)9(12)7(8(5)11)10(13)16-3;1-12-4-3-5(13-2)7(10)8(11)6(4)9/h4H,1-3H3;3H,11H2,1-2H3. The number of methoxy groups -OCH3 is 5. The SMILES string of the molecule is COC(=O)c1c(F)c(OC)cc(OC)c1F.COc1cc(OC)c(F)c(N)c1F. The third kappa shape index (κ3) is 4.92. The molecule has 11 heteroatoms. The largest absolute Gasteiger partial charge is 0.494 e. The minimum absolute atomic E-state index is 0.143. The molecule has 0 aromatic heterocycles. The Morgan fingerprint density at radius 2 is 1.00 bits per heavy atom. The highest BCUT2D eigenvalue weighted by Gasteiger charge is 2.26. The number of carbonyl (C=O) groups excluding carboxylic acids is 1. The molecular formula is C18H19F4NO6. The number of rotatable bonds is 5. The molecular weight excluding hydrogens is 402 g/mol. The number of ether oxygens (including phenoxy) is 5. The van der Waals surface area contributed by atoms with Gasteiger partial charge in [-0.05, 0) is 0 Å². The number of anilines is 1. The molecule has 0 bridgehead atoms. The van der Waals surface area contributed by atoms with Gasteiger partial charge in [-0.15, -0.1) is 0 Å². The number of hydrogen-bond donors (Lipinski definition) is 1. The molecule has 2 aromatic rings. The Hall–Kier alpha value is -3.37. The summed E-state index contributed by atoms with van der Waals surface area (Å²) in [6.45, 7) is 0. The molecule has 2 aromatic carbocycles. The van der Waals surface area contributed by atoms with E-state index in [0.29, 0.717) is 0 Å². The van der Waals surface area contributed by atoms with Crippen LogP contribution in [0.2, 0.25) is 0 Å². The van der Waals surface area contributed by atoms with E-state index in [2.05, 4.69) is 23.7 Å². The molecule has 0 saturated carbocycles.